The minimum atomic E-state index is -0.902. The number of nitrogens with zero attached hydrogens (tertiary/aromatic N) is 4. The molecular formula is C29H41N5O5. The first-order chi connectivity index (χ1) is 18.5. The van der Waals surface area contributed by atoms with Crippen molar-refractivity contribution in [3.63, 3.8) is 0 Å². The molecule has 3 heterocycles. The number of esters is 1. The molecule has 10 nitrogen and oxygen atoms in total. The Balaban J connectivity index is 1.65. The van der Waals surface area contributed by atoms with Crippen molar-refractivity contribution in [2.45, 2.75) is 59.0 Å². The highest BCUT2D eigenvalue weighted by Crippen LogP contribution is 2.27. The largest absolute Gasteiger partial charge is 0.464 e. The summed E-state index contributed by atoms with van der Waals surface area (Å²) in [5.74, 6) is 0.518. The first-order valence-corrected chi connectivity index (χ1v) is 13.6. The van der Waals surface area contributed by atoms with Gasteiger partial charge < -0.3 is 28.6 Å². The number of benzene rings is 1. The van der Waals surface area contributed by atoms with E-state index in [1.807, 2.05) is 51.2 Å². The number of fused-ring (bicyclic) bond motifs is 1. The molecule has 1 aromatic carbocycles. The number of imidazole rings is 1. The van der Waals surface area contributed by atoms with Gasteiger partial charge >= 0.3 is 5.97 Å². The van der Waals surface area contributed by atoms with E-state index >= 15 is 0 Å². The van der Waals surface area contributed by atoms with E-state index in [0.717, 1.165) is 41.1 Å². The summed E-state index contributed by atoms with van der Waals surface area (Å²) in [4.78, 5) is 32.1. The highest BCUT2D eigenvalue weighted by atomic mass is 16.5. The number of aliphatic hydroxyl groups is 1. The number of hydrogen-bond acceptors (Lipinski definition) is 8. The van der Waals surface area contributed by atoms with Crippen LogP contribution in [-0.4, -0.2) is 81.7 Å². The van der Waals surface area contributed by atoms with E-state index in [1.54, 1.807) is 18.5 Å². The predicted molar refractivity (Wildman–Crippen MR) is 150 cm³/mol. The Kier molecular flexibility index (Phi) is 9.22. The Morgan fingerprint density at radius 1 is 1.26 bits per heavy atom. The second-order valence-electron chi connectivity index (χ2n) is 11.1. The Morgan fingerprint density at radius 3 is 2.69 bits per heavy atom. The minimum Gasteiger partial charge on any atom is -0.464 e. The van der Waals surface area contributed by atoms with E-state index in [9.17, 15) is 14.7 Å². The van der Waals surface area contributed by atoms with Gasteiger partial charge in [-0.25, -0.2) is 4.98 Å². The van der Waals surface area contributed by atoms with Gasteiger partial charge in [-0.05, 0) is 50.6 Å². The number of carbonyl (C=O) groups is 1. The van der Waals surface area contributed by atoms with E-state index in [2.05, 4.69) is 21.8 Å². The molecule has 10 heteroatoms. The van der Waals surface area contributed by atoms with Crippen LogP contribution in [0.2, 0.25) is 0 Å². The first-order valence-electron chi connectivity index (χ1n) is 13.6. The zero-order valence-electron chi connectivity index (χ0n) is 23.8. The molecule has 0 spiro atoms. The van der Waals surface area contributed by atoms with Crippen molar-refractivity contribution in [3.8, 4) is 11.4 Å². The molecule has 2 aromatic heterocycles. The maximum absolute atomic E-state index is 12.5. The molecule has 0 saturated carbocycles. The third-order valence-electron chi connectivity index (χ3n) is 6.98. The van der Waals surface area contributed by atoms with Gasteiger partial charge in [0.15, 0.2) is 0 Å². The average molecular weight is 540 g/mol. The molecule has 3 atom stereocenters. The van der Waals surface area contributed by atoms with Gasteiger partial charge in [-0.15, -0.1) is 0 Å². The molecule has 1 aliphatic rings. The van der Waals surface area contributed by atoms with Gasteiger partial charge in [0, 0.05) is 44.0 Å². The number of aliphatic hydroxyl groups excluding tert-OH is 1. The van der Waals surface area contributed by atoms with Crippen LogP contribution in [0.4, 0.5) is 0 Å². The van der Waals surface area contributed by atoms with Gasteiger partial charge in [-0.2, -0.15) is 0 Å². The van der Waals surface area contributed by atoms with Crippen LogP contribution >= 0.6 is 0 Å². The van der Waals surface area contributed by atoms with Crippen molar-refractivity contribution in [1.82, 2.24) is 24.3 Å². The van der Waals surface area contributed by atoms with Crippen LogP contribution < -0.4 is 10.9 Å². The summed E-state index contributed by atoms with van der Waals surface area (Å²) < 4.78 is 15.2. The molecule has 0 unspecified atom stereocenters. The van der Waals surface area contributed by atoms with Crippen LogP contribution in [-0.2, 0) is 34.4 Å². The summed E-state index contributed by atoms with van der Waals surface area (Å²) in [7, 11) is 3.84. The number of morpholine rings is 1. The second-order valence-corrected chi connectivity index (χ2v) is 11.1. The predicted octanol–water partition coefficient (Wildman–Crippen LogP) is 2.08. The number of likely N-dealkylation sites (N-methyl/N-ethyl adjacent to an activating group) is 1. The Morgan fingerprint density at radius 2 is 2.03 bits per heavy atom. The van der Waals surface area contributed by atoms with Gasteiger partial charge in [0.05, 0.1) is 43.0 Å². The molecule has 0 amide bonds. The molecule has 4 rings (SSSR count). The van der Waals surface area contributed by atoms with E-state index in [-0.39, 0.29) is 17.6 Å². The maximum atomic E-state index is 12.5. The summed E-state index contributed by atoms with van der Waals surface area (Å²) in [6.45, 7) is 11.0. The monoisotopic (exact) mass is 539 g/mol. The SMILES string of the molecule is Cc1cc(-c2nc3cc(CN[C@H](C(=O)OCC(C)C)[C@@H](C)O)ccc3n2C[C@@H]2CN(C)CCO2)cn(C)c1=O. The summed E-state index contributed by atoms with van der Waals surface area (Å²) in [5, 5.41) is 13.3. The third-order valence-corrected chi connectivity index (χ3v) is 6.98. The fourth-order valence-electron chi connectivity index (χ4n) is 4.89. The Bertz CT molecular complexity index is 1340. The maximum Gasteiger partial charge on any atom is 0.325 e. The van der Waals surface area contributed by atoms with Crippen molar-refractivity contribution in [3.05, 3.63) is 51.9 Å². The van der Waals surface area contributed by atoms with Crippen LogP contribution in [0.1, 0.15) is 31.9 Å². The van der Waals surface area contributed by atoms with Crippen molar-refractivity contribution >= 4 is 17.0 Å². The van der Waals surface area contributed by atoms with Gasteiger partial charge in [0.1, 0.15) is 11.9 Å². The molecular weight excluding hydrogens is 498 g/mol. The van der Waals surface area contributed by atoms with Gasteiger partial charge in [-0.3, -0.25) is 14.9 Å². The van der Waals surface area contributed by atoms with Crippen molar-refractivity contribution in [2.75, 3.05) is 33.4 Å². The fourth-order valence-corrected chi connectivity index (χ4v) is 4.89. The molecule has 212 valence electrons. The van der Waals surface area contributed by atoms with Gasteiger partial charge in [-0.1, -0.05) is 19.9 Å². The number of ether oxygens (including phenoxy) is 2. The Labute approximate surface area is 229 Å². The number of hydrogen-bond donors (Lipinski definition) is 2. The van der Waals surface area contributed by atoms with E-state index in [1.165, 1.54) is 0 Å². The van der Waals surface area contributed by atoms with E-state index in [0.29, 0.717) is 31.9 Å². The number of pyridine rings is 1. The number of carbonyl (C=O) groups excluding carboxylic acids is 1. The highest BCUT2D eigenvalue weighted by molar-refractivity contribution is 5.81. The lowest BCUT2D eigenvalue weighted by atomic mass is 10.1. The zero-order chi connectivity index (χ0) is 28.3. The molecule has 39 heavy (non-hydrogen) atoms. The van der Waals surface area contributed by atoms with Crippen molar-refractivity contribution in [2.24, 2.45) is 13.0 Å². The minimum absolute atomic E-state index is 0.0125. The number of nitrogens with one attached hydrogen (secondary N) is 1. The molecule has 0 aliphatic carbocycles. The molecule has 1 aliphatic heterocycles. The fraction of sp³-hybridized carbons (Fsp3) is 0.552. The smallest absolute Gasteiger partial charge is 0.325 e. The molecule has 0 radical (unpaired) electrons. The van der Waals surface area contributed by atoms with Crippen LogP contribution in [0, 0.1) is 12.8 Å². The Hall–Kier alpha value is -3.05. The number of aromatic nitrogens is 3. The summed E-state index contributed by atoms with van der Waals surface area (Å²) in [6.07, 6.45) is 0.929. The molecule has 1 fully saturated rings. The normalized spacial score (nSPS) is 18.0. The van der Waals surface area contributed by atoms with Crippen LogP contribution in [0.5, 0.6) is 0 Å². The number of rotatable bonds is 10. The van der Waals surface area contributed by atoms with Crippen LogP contribution in [0.15, 0.2) is 35.3 Å². The van der Waals surface area contributed by atoms with Crippen LogP contribution in [0.25, 0.3) is 22.4 Å². The quantitative estimate of drug-likeness (QED) is 0.377. The van der Waals surface area contributed by atoms with Crippen molar-refractivity contribution in [1.29, 1.82) is 0 Å². The van der Waals surface area contributed by atoms with E-state index < -0.39 is 18.1 Å². The summed E-state index contributed by atoms with van der Waals surface area (Å²) >= 11 is 0. The van der Waals surface area contributed by atoms with E-state index in [4.69, 9.17) is 14.5 Å². The number of aryl methyl sites for hydroxylation is 2. The molecule has 1 saturated heterocycles. The highest BCUT2D eigenvalue weighted by Gasteiger charge is 2.26. The third kappa shape index (κ3) is 6.94. The van der Waals surface area contributed by atoms with Gasteiger partial charge in [0.25, 0.3) is 5.56 Å². The summed E-state index contributed by atoms with van der Waals surface area (Å²) in [5.41, 5.74) is 4.16. The average Bonchev–Trinajstić information content (AvgIpc) is 3.23. The molecule has 3 aromatic rings. The van der Waals surface area contributed by atoms with Gasteiger partial charge in [0.2, 0.25) is 0 Å². The zero-order valence-corrected chi connectivity index (χ0v) is 23.8. The first kappa shape index (κ1) is 28.9. The molecule has 2 N–H and O–H groups in total. The van der Waals surface area contributed by atoms with Crippen molar-refractivity contribution < 1.29 is 19.4 Å². The topological polar surface area (TPSA) is 111 Å². The molecule has 0 bridgehead atoms. The summed E-state index contributed by atoms with van der Waals surface area (Å²) in [6, 6.07) is 7.06. The van der Waals surface area contributed by atoms with Crippen LogP contribution in [0.3, 0.4) is 0 Å². The standard InChI is InChI=1S/C29H41N5O5/c1-18(2)17-39-29(37)26(20(4)35)30-13-21-7-8-25-24(12-21)31-27(22-11-19(3)28(36)33(6)14-22)34(25)16-23-15-32(5)9-10-38-23/h7-8,11-12,14,18,20,23,26,30,35H,9-10,13,15-17H2,1-6H3/t20-,23+,26+/m1/s1. The lowest BCUT2D eigenvalue weighted by Gasteiger charge is -2.30. The lowest BCUT2D eigenvalue weighted by molar-refractivity contribution is -0.150. The lowest BCUT2D eigenvalue weighted by Crippen LogP contribution is -2.45. The second kappa shape index (κ2) is 12.4.